The first kappa shape index (κ1) is 64.4. The molecule has 0 saturated carbocycles. The van der Waals surface area contributed by atoms with E-state index in [0.717, 1.165) is 49.8 Å². The predicted molar refractivity (Wildman–Crippen MR) is 279 cm³/mol. The molecule has 0 radical (unpaired) electrons. The lowest BCUT2D eigenvalue weighted by molar-refractivity contribution is -0.143. The van der Waals surface area contributed by atoms with Crippen LogP contribution in [0.25, 0.3) is 0 Å². The van der Waals surface area contributed by atoms with Gasteiger partial charge >= 0.3 is 0 Å². The Hall–Kier alpha value is -7.87. The van der Waals surface area contributed by atoms with Gasteiger partial charge in [0.25, 0.3) is 0 Å². The lowest BCUT2D eigenvalue weighted by atomic mass is 10.0. The SMILES string of the molecule is CCCCCCCCCCCCC[C@@H]1CC(=O)NC(CC(N)=O)C(=O)N[C@H](Cc2ccc(O)cc2)C(=O)N[C@H](CC(N)=O)C(=O)N[C@@H](CCC(N)=O)C(=O)N2CCC[C@H]2C(=O)N[C@H](CC(N)=O)C(=O)N[C@@H](CC(N)=O)C(=O)N1. The van der Waals surface area contributed by atoms with Crippen molar-refractivity contribution in [1.29, 1.82) is 0 Å². The number of nitrogens with two attached hydrogens (primary N) is 5. The number of amides is 13. The molecule has 0 aromatic heterocycles. The van der Waals surface area contributed by atoms with E-state index in [-0.39, 0.29) is 38.0 Å². The number of primary amides is 5. The molecule has 8 atom stereocenters. The van der Waals surface area contributed by atoms with Crippen molar-refractivity contribution in [1.82, 2.24) is 42.1 Å². The summed E-state index contributed by atoms with van der Waals surface area (Å²) < 4.78 is 0. The first-order chi connectivity index (χ1) is 37.0. The summed E-state index contributed by atoms with van der Waals surface area (Å²) in [5, 5.41) is 26.9. The van der Waals surface area contributed by atoms with Gasteiger partial charge in [-0.2, -0.15) is 0 Å². The van der Waals surface area contributed by atoms with Crippen LogP contribution in [0.1, 0.15) is 147 Å². The summed E-state index contributed by atoms with van der Waals surface area (Å²) >= 11 is 0. The number of phenols is 1. The van der Waals surface area contributed by atoms with Crippen LogP contribution in [0.15, 0.2) is 24.3 Å². The van der Waals surface area contributed by atoms with Gasteiger partial charge in [-0.25, -0.2) is 0 Å². The molecule has 2 aliphatic heterocycles. The molecule has 0 bridgehead atoms. The number of aromatic hydroxyl groups is 1. The van der Waals surface area contributed by atoms with Crippen molar-refractivity contribution < 1.29 is 67.4 Å². The van der Waals surface area contributed by atoms with Crippen LogP contribution in [0.4, 0.5) is 0 Å². The van der Waals surface area contributed by atoms with Crippen molar-refractivity contribution in [2.45, 2.75) is 197 Å². The minimum Gasteiger partial charge on any atom is -0.508 e. The Morgan fingerprint density at radius 1 is 0.500 bits per heavy atom. The number of hydrogen-bond donors (Lipinski definition) is 13. The van der Waals surface area contributed by atoms with E-state index >= 15 is 0 Å². The number of fused-ring (bicyclic) bond motifs is 1. The number of phenolic OH excluding ortho intramolecular Hbond substituents is 1. The number of nitrogens with zero attached hydrogens (tertiary/aromatic N) is 1. The Labute approximate surface area is 452 Å². The smallest absolute Gasteiger partial charge is 0.245 e. The van der Waals surface area contributed by atoms with Crippen molar-refractivity contribution in [3.63, 3.8) is 0 Å². The molecule has 432 valence electrons. The number of unbranched alkanes of at least 4 members (excludes halogenated alkanes) is 10. The van der Waals surface area contributed by atoms with Crippen molar-refractivity contribution in [2.75, 3.05) is 6.54 Å². The van der Waals surface area contributed by atoms with Crippen LogP contribution >= 0.6 is 0 Å². The van der Waals surface area contributed by atoms with E-state index < -0.39 is 170 Å². The molecular formula is C51H79N13O14. The van der Waals surface area contributed by atoms with Gasteiger partial charge in [-0.05, 0) is 43.4 Å². The van der Waals surface area contributed by atoms with Crippen LogP contribution < -0.4 is 65.9 Å². The second-order valence-corrected chi connectivity index (χ2v) is 19.9. The Balaban J connectivity index is 2.14. The topological polar surface area (TPSA) is 460 Å². The molecule has 0 aliphatic carbocycles. The van der Waals surface area contributed by atoms with E-state index in [1.165, 1.54) is 37.1 Å². The Kier molecular flexibility index (Phi) is 27.5. The fraction of sp³-hybridized carbons (Fsp3) is 0.627. The average Bonchev–Trinajstić information content (AvgIpc) is 3.87. The zero-order chi connectivity index (χ0) is 57.9. The van der Waals surface area contributed by atoms with E-state index in [1.54, 1.807) is 0 Å². The number of rotatable bonds is 25. The van der Waals surface area contributed by atoms with Crippen LogP contribution in [-0.2, 0) is 68.7 Å². The fourth-order valence-electron chi connectivity index (χ4n) is 9.18. The molecule has 2 heterocycles. The minimum atomic E-state index is -1.87. The fourth-order valence-corrected chi connectivity index (χ4v) is 9.18. The molecule has 2 fully saturated rings. The molecule has 18 N–H and O–H groups in total. The lowest BCUT2D eigenvalue weighted by Gasteiger charge is -2.31. The quantitative estimate of drug-likeness (QED) is 0.0440. The third-order valence-electron chi connectivity index (χ3n) is 13.2. The third kappa shape index (κ3) is 23.6. The first-order valence-corrected chi connectivity index (χ1v) is 26.6. The minimum absolute atomic E-state index is 0.0193. The Bertz CT molecular complexity index is 2300. The number of carbonyl (C=O) groups excluding carboxylic acids is 13. The standard InChI is InChI=1S/C51H79N13O14/c1-2-3-4-5-6-7-8-9-10-11-12-14-30-24-44(71)58-34(25-40(53)67)47(74)60-33(23-29-16-18-31(65)19-17-29)46(73)62-36(27-42(55)69)48(75)59-32(20-21-39(52)66)51(78)64-22-13-15-38(64)50(77)63-37(28-43(56)70)49(76)61-35(26-41(54)68)45(72)57-30/h16-19,30,32-38,65H,2-15,20-28H2,1H3,(H2,52,66)(H2,53,67)(H2,54,68)(H2,55,69)(H2,56,70)(H,57,72)(H,58,71)(H,59,75)(H,60,74)(H,61,76)(H,62,73)(H,63,77)/t30-,32+,33-,34?,35+,36-,37-,38+/m1/s1. The molecule has 27 heteroatoms. The van der Waals surface area contributed by atoms with Crippen LogP contribution in [-0.4, -0.2) is 142 Å². The second-order valence-electron chi connectivity index (χ2n) is 19.9. The maximum absolute atomic E-state index is 14.3. The summed E-state index contributed by atoms with van der Waals surface area (Å²) in [6.07, 6.45) is 5.88. The van der Waals surface area contributed by atoms with Crippen molar-refractivity contribution >= 4 is 76.8 Å². The van der Waals surface area contributed by atoms with Gasteiger partial charge in [-0.15, -0.1) is 0 Å². The Morgan fingerprint density at radius 3 is 1.38 bits per heavy atom. The van der Waals surface area contributed by atoms with Crippen LogP contribution in [0, 0.1) is 0 Å². The summed E-state index contributed by atoms with van der Waals surface area (Å²) in [4.78, 5) is 176. The zero-order valence-corrected chi connectivity index (χ0v) is 44.3. The number of carbonyl (C=O) groups is 13. The maximum Gasteiger partial charge on any atom is 0.245 e. The van der Waals surface area contributed by atoms with E-state index in [4.69, 9.17) is 28.7 Å². The monoisotopic (exact) mass is 1100 g/mol. The molecule has 1 aromatic rings. The highest BCUT2D eigenvalue weighted by molar-refractivity contribution is 6.01. The lowest BCUT2D eigenvalue weighted by Crippen LogP contribution is -2.60. The van der Waals surface area contributed by atoms with E-state index in [0.29, 0.717) is 18.4 Å². The molecule has 13 amide bonds. The van der Waals surface area contributed by atoms with Gasteiger partial charge in [-0.1, -0.05) is 89.7 Å². The molecule has 2 aliphatic rings. The highest BCUT2D eigenvalue weighted by Crippen LogP contribution is 2.21. The number of benzene rings is 1. The molecule has 2 saturated heterocycles. The normalized spacial score (nSPS) is 23.4. The summed E-state index contributed by atoms with van der Waals surface area (Å²) in [5.41, 5.74) is 27.8. The highest BCUT2D eigenvalue weighted by atomic mass is 16.3. The van der Waals surface area contributed by atoms with Crippen molar-refractivity contribution in [2.24, 2.45) is 28.7 Å². The van der Waals surface area contributed by atoms with Gasteiger partial charge in [0.1, 0.15) is 48.0 Å². The highest BCUT2D eigenvalue weighted by Gasteiger charge is 2.41. The molecule has 78 heavy (non-hydrogen) atoms. The predicted octanol–water partition coefficient (Wildman–Crippen LogP) is -2.81. The van der Waals surface area contributed by atoms with Gasteiger partial charge in [0.15, 0.2) is 0 Å². The van der Waals surface area contributed by atoms with E-state index in [9.17, 15) is 67.4 Å². The molecule has 3 rings (SSSR count). The van der Waals surface area contributed by atoms with Crippen molar-refractivity contribution in [3.8, 4) is 5.75 Å². The second kappa shape index (κ2) is 33.3. The van der Waals surface area contributed by atoms with Gasteiger partial charge in [0.05, 0.1) is 25.7 Å². The number of hydrogen-bond acceptors (Lipinski definition) is 14. The van der Waals surface area contributed by atoms with Crippen LogP contribution in [0.2, 0.25) is 0 Å². The molecule has 27 nitrogen and oxygen atoms in total. The summed E-state index contributed by atoms with van der Waals surface area (Å²) in [6, 6.07) is -7.61. The van der Waals surface area contributed by atoms with Gasteiger partial charge in [0, 0.05) is 31.8 Å². The molecular weight excluding hydrogens is 1020 g/mol. The van der Waals surface area contributed by atoms with Gasteiger partial charge in [-0.3, -0.25) is 62.3 Å². The zero-order valence-electron chi connectivity index (χ0n) is 44.3. The summed E-state index contributed by atoms with van der Waals surface area (Å²) in [7, 11) is 0. The van der Waals surface area contributed by atoms with Gasteiger partial charge in [0.2, 0.25) is 76.8 Å². The average molecular weight is 1100 g/mol. The van der Waals surface area contributed by atoms with Crippen LogP contribution in [0.5, 0.6) is 5.75 Å². The summed E-state index contributed by atoms with van der Waals surface area (Å²) in [5.74, 6) is -13.9. The van der Waals surface area contributed by atoms with E-state index in [1.807, 2.05) is 0 Å². The summed E-state index contributed by atoms with van der Waals surface area (Å²) in [6.45, 7) is 2.04. The van der Waals surface area contributed by atoms with E-state index in [2.05, 4.69) is 44.1 Å². The first-order valence-electron chi connectivity index (χ1n) is 26.6. The largest absolute Gasteiger partial charge is 0.508 e. The molecule has 1 unspecified atom stereocenters. The molecule has 0 spiro atoms. The third-order valence-corrected chi connectivity index (χ3v) is 13.2. The maximum atomic E-state index is 14.3. The van der Waals surface area contributed by atoms with Gasteiger partial charge < -0.3 is 75.9 Å². The number of nitrogens with one attached hydrogen (secondary N) is 7. The molecule has 1 aromatic carbocycles. The van der Waals surface area contributed by atoms with Crippen LogP contribution in [0.3, 0.4) is 0 Å². The Morgan fingerprint density at radius 2 is 0.910 bits per heavy atom. The van der Waals surface area contributed by atoms with Crippen molar-refractivity contribution in [3.05, 3.63) is 29.8 Å².